The average Bonchev–Trinajstić information content (AvgIpc) is 2.38. The van der Waals surface area contributed by atoms with Gasteiger partial charge in [0.25, 0.3) is 0 Å². The van der Waals surface area contributed by atoms with Gasteiger partial charge in [-0.3, -0.25) is 0 Å². The zero-order valence-corrected chi connectivity index (χ0v) is 11.3. The van der Waals surface area contributed by atoms with Gasteiger partial charge in [-0.15, -0.1) is 0 Å². The van der Waals surface area contributed by atoms with Crippen LogP contribution >= 0.6 is 11.6 Å². The van der Waals surface area contributed by atoms with E-state index < -0.39 is 0 Å². The van der Waals surface area contributed by atoms with Gasteiger partial charge in [0.15, 0.2) is 0 Å². The molecular formula is C14H20ClFN2. The van der Waals surface area contributed by atoms with Crippen molar-refractivity contribution in [3.8, 4) is 0 Å². The number of benzene rings is 1. The van der Waals surface area contributed by atoms with E-state index in [-0.39, 0.29) is 5.82 Å². The highest BCUT2D eigenvalue weighted by molar-refractivity contribution is 6.31. The van der Waals surface area contributed by atoms with Gasteiger partial charge in [-0.1, -0.05) is 24.1 Å². The molecule has 1 aliphatic rings. The van der Waals surface area contributed by atoms with E-state index in [9.17, 15) is 4.39 Å². The van der Waals surface area contributed by atoms with Crippen LogP contribution in [0.2, 0.25) is 5.02 Å². The number of hydrogen-bond acceptors (Lipinski definition) is 2. The largest absolute Gasteiger partial charge is 0.311 e. The Hall–Kier alpha value is -0.640. The van der Waals surface area contributed by atoms with Crippen LogP contribution in [0.1, 0.15) is 24.8 Å². The van der Waals surface area contributed by atoms with E-state index in [1.165, 1.54) is 38.4 Å². The maximum absolute atomic E-state index is 13.5. The average molecular weight is 271 g/mol. The summed E-state index contributed by atoms with van der Waals surface area (Å²) in [7, 11) is 0. The summed E-state index contributed by atoms with van der Waals surface area (Å²) in [6.45, 7) is 4.81. The third-order valence-corrected chi connectivity index (χ3v) is 3.77. The summed E-state index contributed by atoms with van der Waals surface area (Å²) < 4.78 is 13.5. The van der Waals surface area contributed by atoms with Gasteiger partial charge in [0.1, 0.15) is 5.82 Å². The van der Waals surface area contributed by atoms with Crippen LogP contribution in [-0.2, 0) is 6.54 Å². The molecule has 0 aliphatic carbocycles. The van der Waals surface area contributed by atoms with Gasteiger partial charge in [0.05, 0.1) is 0 Å². The second-order valence-electron chi connectivity index (χ2n) is 4.78. The summed E-state index contributed by atoms with van der Waals surface area (Å²) in [4.78, 5) is 2.46. The van der Waals surface area contributed by atoms with Gasteiger partial charge in [-0.25, -0.2) is 4.39 Å². The number of hydrogen-bond donors (Lipinski definition) is 1. The Kier molecular flexibility index (Phi) is 5.42. The van der Waals surface area contributed by atoms with E-state index in [4.69, 9.17) is 11.6 Å². The molecule has 0 spiro atoms. The first-order chi connectivity index (χ1) is 8.77. The molecule has 0 saturated carbocycles. The lowest BCUT2D eigenvalue weighted by molar-refractivity contribution is 0.229. The van der Waals surface area contributed by atoms with Crippen molar-refractivity contribution in [3.05, 3.63) is 34.6 Å². The lowest BCUT2D eigenvalue weighted by atomic mass is 10.1. The van der Waals surface area contributed by atoms with Crippen LogP contribution in [0.15, 0.2) is 18.2 Å². The molecule has 0 bridgehead atoms. The Morgan fingerprint density at radius 2 is 2.00 bits per heavy atom. The van der Waals surface area contributed by atoms with E-state index in [2.05, 4.69) is 10.2 Å². The Morgan fingerprint density at radius 3 is 2.72 bits per heavy atom. The molecule has 0 unspecified atom stereocenters. The highest BCUT2D eigenvalue weighted by atomic mass is 35.5. The second kappa shape index (κ2) is 7.07. The number of nitrogens with zero attached hydrogens (tertiary/aromatic N) is 1. The lowest BCUT2D eigenvalue weighted by Gasteiger charge is -2.26. The van der Waals surface area contributed by atoms with Gasteiger partial charge in [-0.2, -0.15) is 0 Å². The maximum atomic E-state index is 13.5. The summed E-state index contributed by atoms with van der Waals surface area (Å²) in [5.74, 6) is -0.229. The van der Waals surface area contributed by atoms with Crippen molar-refractivity contribution < 1.29 is 4.39 Å². The van der Waals surface area contributed by atoms with Gasteiger partial charge >= 0.3 is 0 Å². The fourth-order valence-electron chi connectivity index (χ4n) is 2.33. The molecule has 2 rings (SSSR count). The van der Waals surface area contributed by atoms with Crippen LogP contribution in [-0.4, -0.2) is 31.1 Å². The number of piperidine rings is 1. The molecule has 1 aromatic carbocycles. The predicted molar refractivity (Wildman–Crippen MR) is 73.4 cm³/mol. The molecule has 0 aromatic heterocycles. The summed E-state index contributed by atoms with van der Waals surface area (Å²) in [5.41, 5.74) is 0.567. The zero-order chi connectivity index (χ0) is 12.8. The quantitative estimate of drug-likeness (QED) is 0.828. The van der Waals surface area contributed by atoms with E-state index in [0.29, 0.717) is 17.1 Å². The summed E-state index contributed by atoms with van der Waals surface area (Å²) in [5, 5.41) is 3.76. The molecule has 1 heterocycles. The van der Waals surface area contributed by atoms with Crippen molar-refractivity contribution in [3.63, 3.8) is 0 Å². The van der Waals surface area contributed by atoms with Crippen molar-refractivity contribution in [2.75, 3.05) is 26.2 Å². The predicted octanol–water partition coefficient (Wildman–Crippen LogP) is 3.05. The molecule has 1 saturated heterocycles. The molecule has 2 nitrogen and oxygen atoms in total. The number of nitrogens with one attached hydrogen (secondary N) is 1. The van der Waals surface area contributed by atoms with Crippen molar-refractivity contribution >= 4 is 11.6 Å². The van der Waals surface area contributed by atoms with E-state index in [1.54, 1.807) is 12.1 Å². The molecule has 1 fully saturated rings. The fourth-order valence-corrected chi connectivity index (χ4v) is 2.56. The molecule has 1 aliphatic heterocycles. The highest BCUT2D eigenvalue weighted by Gasteiger charge is 2.10. The standard InChI is InChI=1S/C14H20ClFN2/c15-13-5-4-6-14(16)12(13)11-17-7-10-18-8-2-1-3-9-18/h4-6,17H,1-3,7-11H2. The molecule has 1 N–H and O–H groups in total. The molecule has 100 valence electrons. The SMILES string of the molecule is Fc1cccc(Cl)c1CNCCN1CCCCC1. The summed E-state index contributed by atoms with van der Waals surface area (Å²) in [6.07, 6.45) is 3.97. The van der Waals surface area contributed by atoms with Crippen molar-refractivity contribution in [1.29, 1.82) is 0 Å². The van der Waals surface area contributed by atoms with E-state index >= 15 is 0 Å². The summed E-state index contributed by atoms with van der Waals surface area (Å²) in [6, 6.07) is 4.81. The lowest BCUT2D eigenvalue weighted by Crippen LogP contribution is -2.35. The minimum Gasteiger partial charge on any atom is -0.311 e. The van der Waals surface area contributed by atoms with Crippen molar-refractivity contribution in [1.82, 2.24) is 10.2 Å². The van der Waals surface area contributed by atoms with E-state index in [0.717, 1.165) is 13.1 Å². The monoisotopic (exact) mass is 270 g/mol. The first kappa shape index (κ1) is 13.8. The molecule has 18 heavy (non-hydrogen) atoms. The minimum atomic E-state index is -0.229. The number of halogens is 2. The molecule has 0 atom stereocenters. The van der Waals surface area contributed by atoms with Gasteiger partial charge in [-0.05, 0) is 38.1 Å². The molecule has 4 heteroatoms. The third kappa shape index (κ3) is 3.94. The van der Waals surface area contributed by atoms with Crippen LogP contribution in [0.5, 0.6) is 0 Å². The normalized spacial score (nSPS) is 17.0. The van der Waals surface area contributed by atoms with Gasteiger partial charge in [0, 0.05) is 30.2 Å². The fraction of sp³-hybridized carbons (Fsp3) is 0.571. The van der Waals surface area contributed by atoms with Crippen molar-refractivity contribution in [2.24, 2.45) is 0 Å². The smallest absolute Gasteiger partial charge is 0.129 e. The minimum absolute atomic E-state index is 0.229. The zero-order valence-electron chi connectivity index (χ0n) is 10.6. The van der Waals surface area contributed by atoms with Crippen LogP contribution in [0.4, 0.5) is 4.39 Å². The topological polar surface area (TPSA) is 15.3 Å². The van der Waals surface area contributed by atoms with E-state index in [1.807, 2.05) is 0 Å². The van der Waals surface area contributed by atoms with Gasteiger partial charge in [0.2, 0.25) is 0 Å². The molecule has 0 radical (unpaired) electrons. The third-order valence-electron chi connectivity index (χ3n) is 3.42. The van der Waals surface area contributed by atoms with Gasteiger partial charge < -0.3 is 10.2 Å². The maximum Gasteiger partial charge on any atom is 0.129 e. The first-order valence-electron chi connectivity index (χ1n) is 6.63. The van der Waals surface area contributed by atoms with Crippen LogP contribution in [0.25, 0.3) is 0 Å². The van der Waals surface area contributed by atoms with Crippen molar-refractivity contribution in [2.45, 2.75) is 25.8 Å². The molecule has 1 aromatic rings. The number of rotatable bonds is 5. The Morgan fingerprint density at radius 1 is 1.22 bits per heavy atom. The Bertz CT molecular complexity index is 358. The Labute approximate surface area is 113 Å². The molecular weight excluding hydrogens is 251 g/mol. The second-order valence-corrected chi connectivity index (χ2v) is 5.19. The first-order valence-corrected chi connectivity index (χ1v) is 7.01. The van der Waals surface area contributed by atoms with Crippen LogP contribution < -0.4 is 5.32 Å². The Balaban J connectivity index is 1.71. The van der Waals surface area contributed by atoms with Crippen LogP contribution in [0, 0.1) is 5.82 Å². The number of likely N-dealkylation sites (tertiary alicyclic amines) is 1. The van der Waals surface area contributed by atoms with Crippen LogP contribution in [0.3, 0.4) is 0 Å². The molecule has 0 amide bonds. The highest BCUT2D eigenvalue weighted by Crippen LogP contribution is 2.18. The summed E-state index contributed by atoms with van der Waals surface area (Å²) >= 11 is 5.97.